The van der Waals surface area contributed by atoms with Crippen LogP contribution >= 0.6 is 11.6 Å². The minimum absolute atomic E-state index is 0.139. The van der Waals surface area contributed by atoms with E-state index in [-0.39, 0.29) is 17.5 Å². The number of amides is 1. The molecular formula is C18H24ClF2NO. The fraction of sp³-hybridized carbons (Fsp3) is 0.611. The highest BCUT2D eigenvalue weighted by molar-refractivity contribution is 6.20. The molecule has 1 fully saturated rings. The van der Waals surface area contributed by atoms with Gasteiger partial charge in [0.15, 0.2) is 0 Å². The second-order valence-corrected chi connectivity index (χ2v) is 7.30. The van der Waals surface area contributed by atoms with E-state index in [1.165, 1.54) is 23.5 Å². The van der Waals surface area contributed by atoms with Crippen molar-refractivity contribution < 1.29 is 13.6 Å². The van der Waals surface area contributed by atoms with Gasteiger partial charge in [0.1, 0.15) is 11.6 Å². The number of alkyl halides is 1. The van der Waals surface area contributed by atoms with Crippen LogP contribution in [0.1, 0.15) is 46.0 Å². The van der Waals surface area contributed by atoms with E-state index in [1.807, 2.05) is 0 Å². The van der Waals surface area contributed by atoms with E-state index in [0.29, 0.717) is 12.5 Å². The number of hydrogen-bond donors (Lipinski definition) is 0. The third-order valence-corrected chi connectivity index (χ3v) is 5.19. The van der Waals surface area contributed by atoms with Crippen LogP contribution in [-0.4, -0.2) is 18.3 Å². The lowest BCUT2D eigenvalue weighted by atomic mass is 9.87. The highest BCUT2D eigenvalue weighted by atomic mass is 35.5. The molecule has 1 aromatic carbocycles. The average Bonchev–Trinajstić information content (AvgIpc) is 2.53. The van der Waals surface area contributed by atoms with Gasteiger partial charge >= 0.3 is 0 Å². The van der Waals surface area contributed by atoms with Gasteiger partial charge in [0.25, 0.3) is 0 Å². The topological polar surface area (TPSA) is 20.3 Å². The smallest absolute Gasteiger partial charge is 0.233 e. The van der Waals surface area contributed by atoms with Gasteiger partial charge in [-0.25, -0.2) is 8.78 Å². The van der Waals surface area contributed by atoms with E-state index < -0.39 is 17.0 Å². The number of carbonyl (C=O) groups is 1. The predicted molar refractivity (Wildman–Crippen MR) is 89.8 cm³/mol. The lowest BCUT2D eigenvalue weighted by molar-refractivity contribution is -0.125. The number of nitrogens with zero attached hydrogens (tertiary/aromatic N) is 1. The first-order chi connectivity index (χ1) is 10.8. The first kappa shape index (κ1) is 18.2. The van der Waals surface area contributed by atoms with E-state index in [2.05, 4.69) is 0 Å². The Balaban J connectivity index is 2.31. The van der Waals surface area contributed by atoms with E-state index in [0.717, 1.165) is 31.7 Å². The van der Waals surface area contributed by atoms with E-state index in [4.69, 9.17) is 11.6 Å². The maximum atomic E-state index is 14.2. The largest absolute Gasteiger partial charge is 0.309 e. The molecule has 0 bridgehead atoms. The molecule has 0 aromatic heterocycles. The minimum Gasteiger partial charge on any atom is -0.309 e. The molecule has 0 heterocycles. The zero-order valence-electron chi connectivity index (χ0n) is 13.7. The van der Waals surface area contributed by atoms with Crippen molar-refractivity contribution in [2.24, 2.45) is 11.3 Å². The molecule has 1 saturated carbocycles. The van der Waals surface area contributed by atoms with Gasteiger partial charge in [-0.1, -0.05) is 19.3 Å². The minimum atomic E-state index is -0.795. The molecule has 5 heteroatoms. The number of halogens is 3. The highest BCUT2D eigenvalue weighted by Gasteiger charge is 2.34. The summed E-state index contributed by atoms with van der Waals surface area (Å²) in [5.41, 5.74) is -0.656. The number of anilines is 1. The van der Waals surface area contributed by atoms with Gasteiger partial charge in [0, 0.05) is 18.5 Å². The van der Waals surface area contributed by atoms with E-state index >= 15 is 0 Å². The lowest BCUT2D eigenvalue weighted by Gasteiger charge is -2.34. The summed E-state index contributed by atoms with van der Waals surface area (Å²) in [5.74, 6) is -1.07. The SMILES string of the molecule is CC(C)(CCl)C(=O)N(CC1CCCCC1)c1ccc(F)cc1F. The Morgan fingerprint density at radius 3 is 2.48 bits per heavy atom. The Labute approximate surface area is 141 Å². The molecule has 0 saturated heterocycles. The molecule has 0 radical (unpaired) electrons. The first-order valence-electron chi connectivity index (χ1n) is 8.18. The van der Waals surface area contributed by atoms with Crippen LogP contribution < -0.4 is 4.90 Å². The molecule has 1 aromatic rings. The predicted octanol–water partition coefficient (Wildman–Crippen LogP) is 5.14. The molecule has 0 atom stereocenters. The molecule has 0 unspecified atom stereocenters. The Morgan fingerprint density at radius 1 is 1.26 bits per heavy atom. The summed E-state index contributed by atoms with van der Waals surface area (Å²) in [6.07, 6.45) is 5.55. The van der Waals surface area contributed by atoms with Gasteiger partial charge in [-0.15, -0.1) is 11.6 Å². The van der Waals surface area contributed by atoms with Crippen molar-refractivity contribution in [3.8, 4) is 0 Å². The summed E-state index contributed by atoms with van der Waals surface area (Å²) < 4.78 is 27.4. The van der Waals surface area contributed by atoms with Crippen molar-refractivity contribution in [1.29, 1.82) is 0 Å². The number of rotatable bonds is 5. The van der Waals surface area contributed by atoms with Crippen molar-refractivity contribution in [3.05, 3.63) is 29.8 Å². The highest BCUT2D eigenvalue weighted by Crippen LogP contribution is 2.31. The molecule has 1 aliphatic carbocycles. The summed E-state index contributed by atoms with van der Waals surface area (Å²) in [6, 6.07) is 3.35. The summed E-state index contributed by atoms with van der Waals surface area (Å²) in [4.78, 5) is 14.4. The number of carbonyl (C=O) groups excluding carboxylic acids is 1. The van der Waals surface area contributed by atoms with Crippen molar-refractivity contribution in [3.63, 3.8) is 0 Å². The van der Waals surface area contributed by atoms with E-state index in [9.17, 15) is 13.6 Å². The van der Waals surface area contributed by atoms with Crippen molar-refractivity contribution in [2.45, 2.75) is 46.0 Å². The van der Waals surface area contributed by atoms with E-state index in [1.54, 1.807) is 13.8 Å². The Bertz CT molecular complexity index is 556. The first-order valence-corrected chi connectivity index (χ1v) is 8.71. The fourth-order valence-corrected chi connectivity index (χ4v) is 3.16. The standard InChI is InChI=1S/C18H24ClF2NO/c1-18(2,12-19)17(23)22(11-13-6-4-3-5-7-13)16-9-8-14(20)10-15(16)21/h8-10,13H,3-7,11-12H2,1-2H3. The summed E-state index contributed by atoms with van der Waals surface area (Å²) >= 11 is 5.93. The summed E-state index contributed by atoms with van der Waals surface area (Å²) in [5, 5.41) is 0. The molecular weight excluding hydrogens is 320 g/mol. The van der Waals surface area contributed by atoms with Gasteiger partial charge in [0.05, 0.1) is 11.1 Å². The zero-order valence-corrected chi connectivity index (χ0v) is 14.5. The molecule has 1 amide bonds. The molecule has 23 heavy (non-hydrogen) atoms. The van der Waals surface area contributed by atoms with Crippen LogP contribution in [0.15, 0.2) is 18.2 Å². The Morgan fingerprint density at radius 2 is 1.91 bits per heavy atom. The van der Waals surface area contributed by atoms with Crippen molar-refractivity contribution in [1.82, 2.24) is 0 Å². The van der Waals surface area contributed by atoms with Crippen molar-refractivity contribution in [2.75, 3.05) is 17.3 Å². The van der Waals surface area contributed by atoms with Crippen LogP contribution in [-0.2, 0) is 4.79 Å². The Hall–Kier alpha value is -1.16. The van der Waals surface area contributed by atoms with Gasteiger partial charge in [-0.2, -0.15) is 0 Å². The number of benzene rings is 1. The molecule has 0 N–H and O–H groups in total. The zero-order chi connectivity index (χ0) is 17.0. The second kappa shape index (κ2) is 7.61. The van der Waals surface area contributed by atoms with Crippen LogP contribution in [0.5, 0.6) is 0 Å². The maximum absolute atomic E-state index is 14.2. The average molecular weight is 344 g/mol. The normalized spacial score (nSPS) is 16.4. The van der Waals surface area contributed by atoms with Crippen LogP contribution in [0, 0.1) is 23.0 Å². The second-order valence-electron chi connectivity index (χ2n) is 7.03. The van der Waals surface area contributed by atoms with Crippen molar-refractivity contribution >= 4 is 23.2 Å². The quantitative estimate of drug-likeness (QED) is 0.677. The van der Waals surface area contributed by atoms with Crippen LogP contribution in [0.25, 0.3) is 0 Å². The molecule has 128 valence electrons. The Kier molecular flexibility index (Phi) is 6.01. The van der Waals surface area contributed by atoms with Crippen LogP contribution in [0.4, 0.5) is 14.5 Å². The maximum Gasteiger partial charge on any atom is 0.233 e. The van der Waals surface area contributed by atoms with Gasteiger partial charge < -0.3 is 4.90 Å². The monoisotopic (exact) mass is 343 g/mol. The number of hydrogen-bond acceptors (Lipinski definition) is 1. The molecule has 0 aliphatic heterocycles. The molecule has 1 aliphatic rings. The van der Waals surface area contributed by atoms with Crippen LogP contribution in [0.2, 0.25) is 0 Å². The summed E-state index contributed by atoms with van der Waals surface area (Å²) in [7, 11) is 0. The third kappa shape index (κ3) is 4.43. The third-order valence-electron chi connectivity index (χ3n) is 4.52. The van der Waals surface area contributed by atoms with Gasteiger partial charge in [-0.3, -0.25) is 4.79 Å². The fourth-order valence-electron chi connectivity index (χ4n) is 3.04. The van der Waals surface area contributed by atoms with Crippen LogP contribution in [0.3, 0.4) is 0 Å². The van der Waals surface area contributed by atoms with Gasteiger partial charge in [-0.05, 0) is 44.7 Å². The molecule has 0 spiro atoms. The molecule has 2 rings (SSSR count). The summed E-state index contributed by atoms with van der Waals surface area (Å²) in [6.45, 7) is 3.96. The van der Waals surface area contributed by atoms with Gasteiger partial charge in [0.2, 0.25) is 5.91 Å². The lowest BCUT2D eigenvalue weighted by Crippen LogP contribution is -2.45. The molecule has 2 nitrogen and oxygen atoms in total.